The lowest BCUT2D eigenvalue weighted by Gasteiger charge is -2.18. The Morgan fingerprint density at radius 1 is 1.21 bits per heavy atom. The van der Waals surface area contributed by atoms with Gasteiger partial charge in [-0.15, -0.1) is 0 Å². The molecule has 0 spiro atoms. The van der Waals surface area contributed by atoms with E-state index in [-0.39, 0.29) is 18.0 Å². The van der Waals surface area contributed by atoms with Crippen molar-refractivity contribution in [1.82, 2.24) is 0 Å². The molecule has 1 aliphatic carbocycles. The van der Waals surface area contributed by atoms with Crippen molar-refractivity contribution >= 4 is 21.6 Å². The van der Waals surface area contributed by atoms with Crippen LogP contribution < -0.4 is 0 Å². The summed E-state index contributed by atoms with van der Waals surface area (Å²) in [4.78, 5) is 23.0. The first-order valence-electron chi connectivity index (χ1n) is 6.30. The van der Waals surface area contributed by atoms with Crippen LogP contribution in [0.5, 0.6) is 0 Å². The number of sulfone groups is 1. The molecule has 0 aromatic carbocycles. The Balaban J connectivity index is 2.66. The highest BCUT2D eigenvalue weighted by Crippen LogP contribution is 2.50. The molecule has 0 saturated heterocycles. The van der Waals surface area contributed by atoms with Gasteiger partial charge in [0.05, 0.1) is 19.3 Å². The van der Waals surface area contributed by atoms with Gasteiger partial charge in [0.15, 0.2) is 15.6 Å². The van der Waals surface area contributed by atoms with E-state index >= 15 is 0 Å². The minimum atomic E-state index is -3.47. The van der Waals surface area contributed by atoms with Crippen molar-refractivity contribution in [2.45, 2.75) is 40.0 Å². The summed E-state index contributed by atoms with van der Waals surface area (Å²) in [5, 5.41) is 0. The number of methoxy groups -OCH3 is 1. The van der Waals surface area contributed by atoms with Gasteiger partial charge >= 0.3 is 5.97 Å². The van der Waals surface area contributed by atoms with Crippen LogP contribution in [0.2, 0.25) is 0 Å². The van der Waals surface area contributed by atoms with Gasteiger partial charge in [-0.2, -0.15) is 0 Å². The highest BCUT2D eigenvalue weighted by atomic mass is 32.2. The molecule has 1 aliphatic rings. The molecule has 6 heteroatoms. The smallest absolute Gasteiger partial charge is 0.306 e. The van der Waals surface area contributed by atoms with Gasteiger partial charge in [0.1, 0.15) is 5.75 Å². The third-order valence-electron chi connectivity index (χ3n) is 3.42. The fraction of sp³-hybridized carbons (Fsp3) is 0.846. The van der Waals surface area contributed by atoms with E-state index in [9.17, 15) is 18.0 Å². The standard InChI is InChI=1S/C13H22O5S/c1-12(2,3)10(14)8-19(16,17)9-13(5-6-13)7-11(15)18-4/h5-9H2,1-4H3. The third kappa shape index (κ3) is 4.93. The predicted octanol–water partition coefficient (Wildman–Crippen LogP) is 1.36. The van der Waals surface area contributed by atoms with E-state index in [0.717, 1.165) is 0 Å². The van der Waals surface area contributed by atoms with Gasteiger partial charge in [-0.1, -0.05) is 20.8 Å². The van der Waals surface area contributed by atoms with Crippen LogP contribution in [-0.4, -0.2) is 38.8 Å². The minimum Gasteiger partial charge on any atom is -0.469 e. The van der Waals surface area contributed by atoms with E-state index < -0.39 is 32.4 Å². The number of carbonyl (C=O) groups excluding carboxylic acids is 2. The van der Waals surface area contributed by atoms with Crippen LogP contribution >= 0.6 is 0 Å². The Kier molecular flexibility index (Phi) is 4.44. The highest BCUT2D eigenvalue weighted by molar-refractivity contribution is 7.92. The zero-order valence-corrected chi connectivity index (χ0v) is 12.8. The maximum Gasteiger partial charge on any atom is 0.306 e. The zero-order valence-electron chi connectivity index (χ0n) is 12.0. The van der Waals surface area contributed by atoms with Gasteiger partial charge in [-0.3, -0.25) is 9.59 Å². The molecule has 0 N–H and O–H groups in total. The average Bonchev–Trinajstić information content (AvgIpc) is 2.94. The largest absolute Gasteiger partial charge is 0.469 e. The number of hydrogen-bond acceptors (Lipinski definition) is 5. The van der Waals surface area contributed by atoms with Gasteiger partial charge in [0.25, 0.3) is 0 Å². The zero-order chi connectivity index (χ0) is 14.9. The highest BCUT2D eigenvalue weighted by Gasteiger charge is 2.48. The van der Waals surface area contributed by atoms with E-state index in [1.165, 1.54) is 7.11 Å². The molecule has 19 heavy (non-hydrogen) atoms. The fourth-order valence-electron chi connectivity index (χ4n) is 1.86. The molecule has 0 amide bonds. The van der Waals surface area contributed by atoms with Crippen LogP contribution in [0.25, 0.3) is 0 Å². The van der Waals surface area contributed by atoms with Crippen LogP contribution in [-0.2, 0) is 24.2 Å². The molecule has 0 aromatic rings. The third-order valence-corrected chi connectivity index (χ3v) is 5.17. The molecular formula is C13H22O5S. The predicted molar refractivity (Wildman–Crippen MR) is 71.4 cm³/mol. The van der Waals surface area contributed by atoms with Gasteiger partial charge in [0, 0.05) is 5.41 Å². The number of Topliss-reactive ketones (excluding diaryl/α,β-unsaturated/α-hetero) is 1. The number of carbonyl (C=O) groups is 2. The van der Waals surface area contributed by atoms with Crippen molar-refractivity contribution in [2.24, 2.45) is 10.8 Å². The summed E-state index contributed by atoms with van der Waals surface area (Å²) >= 11 is 0. The number of rotatable bonds is 6. The normalized spacial score (nSPS) is 17.9. The summed E-state index contributed by atoms with van der Waals surface area (Å²) in [6.07, 6.45) is 1.52. The lowest BCUT2D eigenvalue weighted by atomic mass is 9.92. The molecule has 1 fully saturated rings. The first-order chi connectivity index (χ1) is 8.50. The number of ketones is 1. The Hall–Kier alpha value is -0.910. The monoisotopic (exact) mass is 290 g/mol. The average molecular weight is 290 g/mol. The van der Waals surface area contributed by atoms with Crippen molar-refractivity contribution < 1.29 is 22.7 Å². The summed E-state index contributed by atoms with van der Waals surface area (Å²) in [6, 6.07) is 0. The second kappa shape index (κ2) is 5.23. The van der Waals surface area contributed by atoms with Gasteiger partial charge in [0.2, 0.25) is 0 Å². The summed E-state index contributed by atoms with van der Waals surface area (Å²) < 4.78 is 28.7. The van der Waals surface area contributed by atoms with Crippen molar-refractivity contribution in [3.63, 3.8) is 0 Å². The van der Waals surface area contributed by atoms with Gasteiger partial charge in [-0.05, 0) is 18.3 Å². The SMILES string of the molecule is COC(=O)CC1(CS(=O)(=O)CC(=O)C(C)(C)C)CC1. The summed E-state index contributed by atoms with van der Waals surface area (Å²) in [6.45, 7) is 5.10. The molecule has 0 unspecified atom stereocenters. The van der Waals surface area contributed by atoms with Crippen LogP contribution in [0.1, 0.15) is 40.0 Å². The molecular weight excluding hydrogens is 268 g/mol. The van der Waals surface area contributed by atoms with Gasteiger partial charge in [-0.25, -0.2) is 8.42 Å². The summed E-state index contributed by atoms with van der Waals surface area (Å²) in [7, 11) is -2.18. The first-order valence-corrected chi connectivity index (χ1v) is 8.12. The van der Waals surface area contributed by atoms with Crippen LogP contribution in [0.15, 0.2) is 0 Å². The number of ether oxygens (including phenoxy) is 1. The lowest BCUT2D eigenvalue weighted by Crippen LogP contribution is -2.32. The molecule has 0 aliphatic heterocycles. The fourth-order valence-corrected chi connectivity index (χ4v) is 4.12. The molecule has 0 bridgehead atoms. The van der Waals surface area contributed by atoms with Gasteiger partial charge < -0.3 is 4.74 Å². The van der Waals surface area contributed by atoms with Crippen molar-refractivity contribution in [3.8, 4) is 0 Å². The maximum atomic E-state index is 12.0. The van der Waals surface area contributed by atoms with Crippen molar-refractivity contribution in [2.75, 3.05) is 18.6 Å². The quantitative estimate of drug-likeness (QED) is 0.690. The molecule has 0 aromatic heterocycles. The van der Waals surface area contributed by atoms with E-state index in [4.69, 9.17) is 0 Å². The maximum absolute atomic E-state index is 12.0. The van der Waals surface area contributed by atoms with Crippen LogP contribution in [0, 0.1) is 10.8 Å². The second-order valence-electron chi connectivity index (χ2n) is 6.46. The molecule has 110 valence electrons. The minimum absolute atomic E-state index is 0.100. The van der Waals surface area contributed by atoms with Crippen LogP contribution in [0.3, 0.4) is 0 Å². The molecule has 0 atom stereocenters. The van der Waals surface area contributed by atoms with E-state index in [1.54, 1.807) is 20.8 Å². The Labute approximate surface area is 114 Å². The molecule has 5 nitrogen and oxygen atoms in total. The van der Waals surface area contributed by atoms with Crippen molar-refractivity contribution in [1.29, 1.82) is 0 Å². The molecule has 0 radical (unpaired) electrons. The summed E-state index contributed by atoms with van der Waals surface area (Å²) in [5.74, 6) is -1.23. The lowest BCUT2D eigenvalue weighted by molar-refractivity contribution is -0.141. The summed E-state index contributed by atoms with van der Waals surface area (Å²) in [5.41, 5.74) is -1.16. The topological polar surface area (TPSA) is 77.5 Å². The Bertz CT molecular complexity index is 466. The van der Waals surface area contributed by atoms with Crippen molar-refractivity contribution in [3.05, 3.63) is 0 Å². The Morgan fingerprint density at radius 3 is 2.11 bits per heavy atom. The Morgan fingerprint density at radius 2 is 1.74 bits per heavy atom. The van der Waals surface area contributed by atoms with E-state index in [1.807, 2.05) is 0 Å². The van der Waals surface area contributed by atoms with Crippen LogP contribution in [0.4, 0.5) is 0 Å². The first kappa shape index (κ1) is 16.1. The van der Waals surface area contributed by atoms with E-state index in [0.29, 0.717) is 12.8 Å². The second-order valence-corrected chi connectivity index (χ2v) is 8.52. The van der Waals surface area contributed by atoms with E-state index in [2.05, 4.69) is 4.74 Å². The number of esters is 1. The number of hydrogen-bond donors (Lipinski definition) is 0. The molecule has 0 heterocycles. The molecule has 1 rings (SSSR count). The molecule has 1 saturated carbocycles.